The zero-order valence-corrected chi connectivity index (χ0v) is 14.2. The molecule has 23 heavy (non-hydrogen) atoms. The van der Waals surface area contributed by atoms with Crippen molar-refractivity contribution in [2.75, 3.05) is 33.4 Å². The lowest BCUT2D eigenvalue weighted by atomic mass is 10.2. The van der Waals surface area contributed by atoms with Gasteiger partial charge in [0, 0.05) is 26.8 Å². The molecule has 0 aliphatic heterocycles. The monoisotopic (exact) mass is 324 g/mol. The lowest BCUT2D eigenvalue weighted by Crippen LogP contribution is -2.43. The predicted octanol–water partition coefficient (Wildman–Crippen LogP) is 1.12. The smallest absolute Gasteiger partial charge is 0.239 e. The van der Waals surface area contributed by atoms with Crippen LogP contribution >= 0.6 is 0 Å². The number of hydrogen-bond donors (Lipinski definition) is 3. The lowest BCUT2D eigenvalue weighted by molar-refractivity contribution is -0.120. The number of carbonyl (C=O) groups is 1. The van der Waals surface area contributed by atoms with Crippen molar-refractivity contribution in [3.63, 3.8) is 0 Å². The first-order valence-electron chi connectivity index (χ1n) is 7.93. The summed E-state index contributed by atoms with van der Waals surface area (Å²) < 4.78 is 10.7. The van der Waals surface area contributed by atoms with Gasteiger partial charge >= 0.3 is 0 Å². The van der Waals surface area contributed by atoms with E-state index in [1.807, 2.05) is 6.07 Å². The van der Waals surface area contributed by atoms with Crippen molar-refractivity contribution in [1.82, 2.24) is 16.0 Å². The zero-order valence-electron chi connectivity index (χ0n) is 14.2. The van der Waals surface area contributed by atoms with Crippen LogP contribution < -0.4 is 16.0 Å². The molecule has 1 rings (SSSR count). The molecule has 1 aromatic heterocycles. The van der Waals surface area contributed by atoms with E-state index in [4.69, 9.17) is 9.15 Å². The number of carbonyl (C=O) groups excluding carboxylic acids is 1. The quantitative estimate of drug-likeness (QED) is 0.341. The number of furan rings is 1. The molecule has 0 saturated heterocycles. The number of nitrogens with one attached hydrogen (secondary N) is 3. The maximum Gasteiger partial charge on any atom is 0.239 e. The highest BCUT2D eigenvalue weighted by Crippen LogP contribution is 1.97. The molecule has 0 spiro atoms. The number of rotatable bonds is 10. The summed E-state index contributed by atoms with van der Waals surface area (Å²) in [5.41, 5.74) is 0. The molecule has 0 aliphatic rings. The van der Waals surface area contributed by atoms with E-state index in [1.54, 1.807) is 19.4 Å². The van der Waals surface area contributed by atoms with Gasteiger partial charge in [-0.25, -0.2) is 0 Å². The second kappa shape index (κ2) is 11.5. The number of nitrogens with zero attached hydrogens (tertiary/aromatic N) is 1. The molecule has 0 bridgehead atoms. The topological polar surface area (TPSA) is 87.9 Å². The first kappa shape index (κ1) is 19.0. The van der Waals surface area contributed by atoms with E-state index >= 15 is 0 Å². The number of aliphatic imine (C=N–C) groups is 1. The van der Waals surface area contributed by atoms with E-state index in [0.29, 0.717) is 25.0 Å². The van der Waals surface area contributed by atoms with Crippen LogP contribution in [-0.4, -0.2) is 45.2 Å². The van der Waals surface area contributed by atoms with Crippen LogP contribution in [0.4, 0.5) is 0 Å². The van der Waals surface area contributed by atoms with Crippen molar-refractivity contribution in [3.05, 3.63) is 24.2 Å². The Bertz CT molecular complexity index is 458. The van der Waals surface area contributed by atoms with Gasteiger partial charge in [-0.3, -0.25) is 9.79 Å². The number of guanidine groups is 1. The third-order valence-electron chi connectivity index (χ3n) is 2.89. The molecule has 130 valence electrons. The van der Waals surface area contributed by atoms with Crippen LogP contribution in [0.25, 0.3) is 0 Å². The third kappa shape index (κ3) is 9.57. The summed E-state index contributed by atoms with van der Waals surface area (Å²) in [6.45, 7) is 7.03. The Balaban J connectivity index is 2.07. The van der Waals surface area contributed by atoms with E-state index in [1.165, 1.54) is 0 Å². The minimum Gasteiger partial charge on any atom is -0.467 e. The van der Waals surface area contributed by atoms with Gasteiger partial charge < -0.3 is 25.1 Å². The van der Waals surface area contributed by atoms with E-state index in [9.17, 15) is 4.79 Å². The fourth-order valence-corrected chi connectivity index (χ4v) is 1.75. The molecule has 1 aromatic rings. The Morgan fingerprint density at radius 2 is 2.17 bits per heavy atom. The first-order valence-corrected chi connectivity index (χ1v) is 7.93. The average Bonchev–Trinajstić information content (AvgIpc) is 3.04. The van der Waals surface area contributed by atoms with Gasteiger partial charge in [0.2, 0.25) is 5.91 Å². The van der Waals surface area contributed by atoms with Gasteiger partial charge in [0.1, 0.15) is 5.76 Å². The van der Waals surface area contributed by atoms with Crippen molar-refractivity contribution < 1.29 is 13.9 Å². The number of hydrogen-bond acceptors (Lipinski definition) is 4. The van der Waals surface area contributed by atoms with Crippen LogP contribution in [0, 0.1) is 5.92 Å². The SMILES string of the molecule is CN=C(NCCCOCC(C)C)NCC(=O)NCc1ccco1. The molecule has 0 fully saturated rings. The fourth-order valence-electron chi connectivity index (χ4n) is 1.75. The molecule has 0 aromatic carbocycles. The normalized spacial score (nSPS) is 11.6. The minimum absolute atomic E-state index is 0.121. The number of amides is 1. The highest BCUT2D eigenvalue weighted by Gasteiger charge is 2.04. The summed E-state index contributed by atoms with van der Waals surface area (Å²) in [5.74, 6) is 1.76. The molecule has 7 nitrogen and oxygen atoms in total. The first-order chi connectivity index (χ1) is 11.1. The second-order valence-electron chi connectivity index (χ2n) is 5.53. The Morgan fingerprint density at radius 1 is 1.35 bits per heavy atom. The van der Waals surface area contributed by atoms with Crippen LogP contribution in [0.5, 0.6) is 0 Å². The molecule has 0 unspecified atom stereocenters. The summed E-state index contributed by atoms with van der Waals surface area (Å²) in [5, 5.41) is 8.87. The average molecular weight is 324 g/mol. The Hall–Kier alpha value is -2.02. The molecule has 1 amide bonds. The molecular formula is C16H28N4O3. The van der Waals surface area contributed by atoms with Gasteiger partial charge in [-0.1, -0.05) is 13.8 Å². The van der Waals surface area contributed by atoms with E-state index in [0.717, 1.165) is 25.3 Å². The van der Waals surface area contributed by atoms with Crippen molar-refractivity contribution in [1.29, 1.82) is 0 Å². The van der Waals surface area contributed by atoms with Crippen molar-refractivity contribution in [3.8, 4) is 0 Å². The maximum absolute atomic E-state index is 11.7. The summed E-state index contributed by atoms with van der Waals surface area (Å²) in [7, 11) is 1.67. The summed E-state index contributed by atoms with van der Waals surface area (Å²) in [6, 6.07) is 3.60. The van der Waals surface area contributed by atoms with Gasteiger partial charge in [0.05, 0.1) is 19.4 Å². The van der Waals surface area contributed by atoms with Crippen LogP contribution in [0.1, 0.15) is 26.0 Å². The van der Waals surface area contributed by atoms with Gasteiger partial charge in [-0.05, 0) is 24.5 Å². The summed E-state index contributed by atoms with van der Waals surface area (Å²) in [4.78, 5) is 15.8. The Morgan fingerprint density at radius 3 is 2.83 bits per heavy atom. The standard InChI is InChI=1S/C16H28N4O3/c1-13(2)12-22-8-5-7-18-16(17-3)20-11-15(21)19-10-14-6-4-9-23-14/h4,6,9,13H,5,7-8,10-12H2,1-3H3,(H,19,21)(H2,17,18,20). The fraction of sp³-hybridized carbons (Fsp3) is 0.625. The Labute approximate surface area is 137 Å². The highest BCUT2D eigenvalue weighted by atomic mass is 16.5. The number of ether oxygens (including phenoxy) is 1. The van der Waals surface area contributed by atoms with Gasteiger partial charge in [0.25, 0.3) is 0 Å². The third-order valence-corrected chi connectivity index (χ3v) is 2.89. The maximum atomic E-state index is 11.7. The molecule has 7 heteroatoms. The Kier molecular flexibility index (Phi) is 9.54. The van der Waals surface area contributed by atoms with Crippen molar-refractivity contribution in [2.24, 2.45) is 10.9 Å². The molecule has 3 N–H and O–H groups in total. The minimum atomic E-state index is -0.121. The summed E-state index contributed by atoms with van der Waals surface area (Å²) >= 11 is 0. The van der Waals surface area contributed by atoms with Gasteiger partial charge in [0.15, 0.2) is 5.96 Å². The lowest BCUT2D eigenvalue weighted by Gasteiger charge is -2.12. The summed E-state index contributed by atoms with van der Waals surface area (Å²) in [6.07, 6.45) is 2.47. The molecule has 0 radical (unpaired) electrons. The largest absolute Gasteiger partial charge is 0.467 e. The van der Waals surface area contributed by atoms with E-state index in [2.05, 4.69) is 34.8 Å². The van der Waals surface area contributed by atoms with Crippen molar-refractivity contribution >= 4 is 11.9 Å². The highest BCUT2D eigenvalue weighted by molar-refractivity contribution is 5.86. The predicted molar refractivity (Wildman–Crippen MR) is 90.2 cm³/mol. The van der Waals surface area contributed by atoms with Gasteiger partial charge in [-0.2, -0.15) is 0 Å². The molecular weight excluding hydrogens is 296 g/mol. The van der Waals surface area contributed by atoms with Gasteiger partial charge in [-0.15, -0.1) is 0 Å². The van der Waals surface area contributed by atoms with E-state index in [-0.39, 0.29) is 12.5 Å². The van der Waals surface area contributed by atoms with Crippen LogP contribution in [0.2, 0.25) is 0 Å². The van der Waals surface area contributed by atoms with E-state index < -0.39 is 0 Å². The van der Waals surface area contributed by atoms with Crippen LogP contribution in [-0.2, 0) is 16.1 Å². The molecule has 0 aliphatic carbocycles. The zero-order chi connectivity index (χ0) is 16.9. The molecule has 0 atom stereocenters. The second-order valence-corrected chi connectivity index (χ2v) is 5.53. The van der Waals surface area contributed by atoms with Crippen LogP contribution in [0.15, 0.2) is 27.8 Å². The van der Waals surface area contributed by atoms with Crippen LogP contribution in [0.3, 0.4) is 0 Å². The van der Waals surface area contributed by atoms with Crippen molar-refractivity contribution in [2.45, 2.75) is 26.8 Å². The molecule has 0 saturated carbocycles. The molecule has 1 heterocycles.